The predicted molar refractivity (Wildman–Crippen MR) is 129 cm³/mol. The number of hydrogen-bond acceptors (Lipinski definition) is 6. The fourth-order valence-corrected chi connectivity index (χ4v) is 3.78. The highest BCUT2D eigenvalue weighted by atomic mass is 16.2. The zero-order valence-electron chi connectivity index (χ0n) is 19.4. The first-order valence-corrected chi connectivity index (χ1v) is 11.0. The third-order valence-corrected chi connectivity index (χ3v) is 5.41. The highest BCUT2D eigenvalue weighted by Crippen LogP contribution is 2.19. The molecule has 0 saturated heterocycles. The first kappa shape index (κ1) is 24.0. The van der Waals surface area contributed by atoms with Crippen LogP contribution in [0.25, 0.3) is 10.8 Å². The van der Waals surface area contributed by atoms with Crippen LogP contribution < -0.4 is 27.4 Å². The zero-order chi connectivity index (χ0) is 24.3. The van der Waals surface area contributed by atoms with E-state index in [2.05, 4.69) is 10.1 Å². The second kappa shape index (κ2) is 9.85. The Morgan fingerprint density at radius 3 is 2.48 bits per heavy atom. The van der Waals surface area contributed by atoms with Crippen molar-refractivity contribution in [3.63, 3.8) is 0 Å². The number of carbonyl (C=O) groups excluding carboxylic acids is 1. The van der Waals surface area contributed by atoms with Crippen molar-refractivity contribution in [2.75, 3.05) is 17.2 Å². The molecule has 2 heterocycles. The molecule has 0 aliphatic rings. The number of nitrogen functional groups attached to an aromatic ring is 1. The normalized spacial score (nSPS) is 11.3. The van der Waals surface area contributed by atoms with Gasteiger partial charge in [0.1, 0.15) is 12.4 Å². The van der Waals surface area contributed by atoms with Crippen molar-refractivity contribution < 1.29 is 4.79 Å². The molecule has 0 spiro atoms. The van der Waals surface area contributed by atoms with Gasteiger partial charge in [0.25, 0.3) is 11.1 Å². The van der Waals surface area contributed by atoms with E-state index in [4.69, 9.17) is 5.73 Å². The summed E-state index contributed by atoms with van der Waals surface area (Å²) in [7, 11) is 0. The number of fused-ring (bicyclic) bond motifs is 1. The van der Waals surface area contributed by atoms with E-state index in [-0.39, 0.29) is 30.5 Å². The van der Waals surface area contributed by atoms with Crippen LogP contribution in [0.4, 0.5) is 11.5 Å². The fourth-order valence-electron chi connectivity index (χ4n) is 3.78. The molecule has 0 radical (unpaired) electrons. The molecule has 3 rings (SSSR count). The van der Waals surface area contributed by atoms with Crippen molar-refractivity contribution >= 4 is 28.2 Å². The summed E-state index contributed by atoms with van der Waals surface area (Å²) >= 11 is 0. The van der Waals surface area contributed by atoms with Crippen molar-refractivity contribution in [1.29, 1.82) is 0 Å². The summed E-state index contributed by atoms with van der Waals surface area (Å²) in [5.74, 6) is -0.598. The molecule has 1 amide bonds. The van der Waals surface area contributed by atoms with Crippen molar-refractivity contribution in [1.82, 2.24) is 19.3 Å². The number of amides is 1. The van der Waals surface area contributed by atoms with Gasteiger partial charge in [-0.2, -0.15) is 5.10 Å². The highest BCUT2D eigenvalue weighted by molar-refractivity contribution is 5.95. The van der Waals surface area contributed by atoms with Gasteiger partial charge in [0.05, 0.1) is 11.1 Å². The second-order valence-electron chi connectivity index (χ2n) is 8.49. The Bertz CT molecular complexity index is 1350. The van der Waals surface area contributed by atoms with Gasteiger partial charge in [-0.05, 0) is 25.3 Å². The Morgan fingerprint density at radius 1 is 1.18 bits per heavy atom. The smallest absolute Gasteiger partial charge is 0.330 e. The Labute approximate surface area is 190 Å². The molecule has 176 valence electrons. The number of nitrogens with two attached hydrogens (primary N) is 1. The Morgan fingerprint density at radius 2 is 1.85 bits per heavy atom. The molecule has 0 aliphatic heterocycles. The lowest BCUT2D eigenvalue weighted by molar-refractivity contribution is -0.119. The Kier molecular flexibility index (Phi) is 7.15. The van der Waals surface area contributed by atoms with Gasteiger partial charge >= 0.3 is 5.69 Å². The van der Waals surface area contributed by atoms with Crippen LogP contribution in [0.15, 0.2) is 38.6 Å². The summed E-state index contributed by atoms with van der Waals surface area (Å²) in [6, 6.07) is 7.06. The lowest BCUT2D eigenvalue weighted by atomic mass is 10.1. The van der Waals surface area contributed by atoms with Crippen molar-refractivity contribution in [3.05, 3.63) is 61.2 Å². The number of aryl methyl sites for hydroxylation is 1. The molecule has 3 N–H and O–H groups in total. The molecule has 2 aromatic heterocycles. The molecule has 1 aromatic carbocycles. The molecule has 0 saturated carbocycles. The predicted octanol–water partition coefficient (Wildman–Crippen LogP) is 1.63. The SMILES string of the molecule is CCCCn1c(N)c(N(CC(C)C)C(=O)Cn2nc(C)c3ccccc3c2=O)c(=O)[nH]c1=O. The molecule has 0 atom stereocenters. The molecular formula is C23H30N6O4. The number of nitrogens with zero attached hydrogens (tertiary/aromatic N) is 4. The standard InChI is InChI=1S/C23H30N6O4/c1-5-6-11-27-20(24)19(21(31)25-23(27)33)28(12-14(2)3)18(30)13-29-22(32)17-10-8-7-9-16(17)15(4)26-29/h7-10,14H,5-6,11-13,24H2,1-4H3,(H,25,31,33). The van der Waals surface area contributed by atoms with Gasteiger partial charge in [-0.15, -0.1) is 0 Å². The summed E-state index contributed by atoms with van der Waals surface area (Å²) < 4.78 is 2.37. The molecule has 3 aromatic rings. The minimum Gasteiger partial charge on any atom is -0.383 e. The maximum atomic E-state index is 13.4. The fraction of sp³-hybridized carbons (Fsp3) is 0.435. The largest absolute Gasteiger partial charge is 0.383 e. The van der Waals surface area contributed by atoms with Gasteiger partial charge in [-0.3, -0.25) is 23.9 Å². The average Bonchev–Trinajstić information content (AvgIpc) is 2.76. The van der Waals surface area contributed by atoms with Crippen LogP contribution in [0.3, 0.4) is 0 Å². The molecular weight excluding hydrogens is 424 g/mol. The summed E-state index contributed by atoms with van der Waals surface area (Å²) in [5.41, 5.74) is 4.99. The van der Waals surface area contributed by atoms with Gasteiger partial charge in [-0.1, -0.05) is 45.4 Å². The van der Waals surface area contributed by atoms with E-state index in [0.717, 1.165) is 11.1 Å². The van der Waals surface area contributed by atoms with Crippen LogP contribution >= 0.6 is 0 Å². The minimum atomic E-state index is -0.741. The molecule has 0 fully saturated rings. The number of aromatic amines is 1. The van der Waals surface area contributed by atoms with Crippen LogP contribution in [0.1, 0.15) is 39.3 Å². The van der Waals surface area contributed by atoms with E-state index in [1.165, 1.54) is 9.47 Å². The van der Waals surface area contributed by atoms with Crippen LogP contribution in [0, 0.1) is 12.8 Å². The van der Waals surface area contributed by atoms with Crippen molar-refractivity contribution in [2.45, 2.75) is 53.6 Å². The number of H-pyrrole nitrogens is 1. The van der Waals surface area contributed by atoms with E-state index in [9.17, 15) is 19.2 Å². The lowest BCUT2D eigenvalue weighted by Crippen LogP contribution is -2.45. The third-order valence-electron chi connectivity index (χ3n) is 5.41. The second-order valence-corrected chi connectivity index (χ2v) is 8.49. The van der Waals surface area contributed by atoms with Crippen LogP contribution in [-0.4, -0.2) is 31.8 Å². The van der Waals surface area contributed by atoms with E-state index < -0.39 is 22.7 Å². The van der Waals surface area contributed by atoms with Crippen LogP contribution in [0.2, 0.25) is 0 Å². The topological polar surface area (TPSA) is 136 Å². The van der Waals surface area contributed by atoms with Crippen LogP contribution in [-0.2, 0) is 17.9 Å². The summed E-state index contributed by atoms with van der Waals surface area (Å²) in [5, 5.41) is 5.47. The number of anilines is 2. The van der Waals surface area contributed by atoms with Crippen LogP contribution in [0.5, 0.6) is 0 Å². The number of carbonyl (C=O) groups is 1. The number of benzene rings is 1. The molecule has 33 heavy (non-hydrogen) atoms. The lowest BCUT2D eigenvalue weighted by Gasteiger charge is -2.26. The van der Waals surface area contributed by atoms with Gasteiger partial charge in [0.2, 0.25) is 5.91 Å². The van der Waals surface area contributed by atoms with Gasteiger partial charge < -0.3 is 10.6 Å². The maximum absolute atomic E-state index is 13.4. The molecule has 0 bridgehead atoms. The maximum Gasteiger partial charge on any atom is 0.330 e. The molecule has 0 unspecified atom stereocenters. The minimum absolute atomic E-state index is 0.00760. The van der Waals surface area contributed by atoms with Gasteiger partial charge in [0, 0.05) is 18.5 Å². The number of aromatic nitrogens is 4. The average molecular weight is 455 g/mol. The quantitative estimate of drug-likeness (QED) is 0.531. The van der Waals surface area contributed by atoms with Crippen molar-refractivity contribution in [3.8, 4) is 0 Å². The van der Waals surface area contributed by atoms with Gasteiger partial charge in [0.15, 0.2) is 5.69 Å². The molecule has 10 nitrogen and oxygen atoms in total. The summed E-state index contributed by atoms with van der Waals surface area (Å²) in [4.78, 5) is 54.9. The number of hydrogen-bond donors (Lipinski definition) is 2. The van der Waals surface area contributed by atoms with E-state index in [1.807, 2.05) is 26.8 Å². The number of nitrogens with one attached hydrogen (secondary N) is 1. The van der Waals surface area contributed by atoms with Gasteiger partial charge in [-0.25, -0.2) is 9.48 Å². The molecule has 0 aliphatic carbocycles. The van der Waals surface area contributed by atoms with E-state index in [1.54, 1.807) is 25.1 Å². The summed E-state index contributed by atoms with van der Waals surface area (Å²) in [6.07, 6.45) is 1.51. The number of rotatable bonds is 8. The zero-order valence-corrected chi connectivity index (χ0v) is 19.4. The number of unbranched alkanes of at least 4 members (excludes halogenated alkanes) is 1. The first-order valence-electron chi connectivity index (χ1n) is 11.0. The molecule has 10 heteroatoms. The Balaban J connectivity index is 2.08. The van der Waals surface area contributed by atoms with Crippen molar-refractivity contribution in [2.24, 2.45) is 5.92 Å². The van der Waals surface area contributed by atoms with E-state index in [0.29, 0.717) is 29.4 Å². The highest BCUT2D eigenvalue weighted by Gasteiger charge is 2.26. The Hall–Kier alpha value is -3.69. The third kappa shape index (κ3) is 4.89. The monoisotopic (exact) mass is 454 g/mol. The first-order chi connectivity index (χ1) is 15.6. The summed E-state index contributed by atoms with van der Waals surface area (Å²) in [6.45, 7) is 7.65. The van der Waals surface area contributed by atoms with E-state index >= 15 is 0 Å².